The summed E-state index contributed by atoms with van der Waals surface area (Å²) in [5.41, 5.74) is 0.395. The fourth-order valence-electron chi connectivity index (χ4n) is 9.29. The average Bonchev–Trinajstić information content (AvgIpc) is 2.98. The van der Waals surface area contributed by atoms with Crippen molar-refractivity contribution in [3.8, 4) is 0 Å². The van der Waals surface area contributed by atoms with Gasteiger partial charge < -0.3 is 10.2 Å². The Balaban J connectivity index is 1.49. The van der Waals surface area contributed by atoms with Crippen LogP contribution >= 0.6 is 0 Å². The first-order valence-corrected chi connectivity index (χ1v) is 13.0. The summed E-state index contributed by atoms with van der Waals surface area (Å²) >= 11 is 0. The lowest BCUT2D eigenvalue weighted by Gasteiger charge is -2.62. The summed E-state index contributed by atoms with van der Waals surface area (Å²) in [4.78, 5) is 0. The van der Waals surface area contributed by atoms with Gasteiger partial charge in [0.2, 0.25) is 0 Å². The fraction of sp³-hybridized carbons (Fsp3) is 1.00. The monoisotopic (exact) mass is 404 g/mol. The van der Waals surface area contributed by atoms with E-state index in [9.17, 15) is 10.2 Å². The second kappa shape index (κ2) is 7.80. The summed E-state index contributed by atoms with van der Waals surface area (Å²) < 4.78 is 0. The zero-order valence-electron chi connectivity index (χ0n) is 19.9. The summed E-state index contributed by atoms with van der Waals surface area (Å²) in [5.74, 6) is 4.37. The van der Waals surface area contributed by atoms with Gasteiger partial charge in [0.25, 0.3) is 0 Å². The van der Waals surface area contributed by atoms with Crippen LogP contribution in [0.4, 0.5) is 0 Å². The maximum atomic E-state index is 11.3. The predicted octanol–water partition coefficient (Wildman–Crippen LogP) is 6.58. The molecule has 168 valence electrons. The summed E-state index contributed by atoms with van der Waals surface area (Å²) in [5, 5.41) is 21.4. The minimum atomic E-state index is -0.530. The molecular formula is C27H48O2. The highest BCUT2D eigenvalue weighted by molar-refractivity contribution is 5.11. The van der Waals surface area contributed by atoms with Crippen molar-refractivity contribution in [1.82, 2.24) is 0 Å². The van der Waals surface area contributed by atoms with Gasteiger partial charge >= 0.3 is 0 Å². The topological polar surface area (TPSA) is 40.5 Å². The maximum absolute atomic E-state index is 11.3. The van der Waals surface area contributed by atoms with E-state index in [2.05, 4.69) is 20.8 Å². The lowest BCUT2D eigenvalue weighted by molar-refractivity contribution is -0.164. The van der Waals surface area contributed by atoms with E-state index in [1.165, 1.54) is 57.8 Å². The van der Waals surface area contributed by atoms with Gasteiger partial charge in [-0.25, -0.2) is 0 Å². The third-order valence-electron chi connectivity index (χ3n) is 10.8. The molecule has 4 rings (SSSR count). The maximum Gasteiger partial charge on any atom is 0.0591 e. The van der Waals surface area contributed by atoms with E-state index < -0.39 is 5.60 Å². The predicted molar refractivity (Wildman–Crippen MR) is 121 cm³/mol. The zero-order valence-corrected chi connectivity index (χ0v) is 19.9. The van der Waals surface area contributed by atoms with Crippen molar-refractivity contribution in [2.45, 2.75) is 123 Å². The number of hydrogen-bond acceptors (Lipinski definition) is 2. The molecule has 2 nitrogen and oxygen atoms in total. The molecule has 0 aromatic carbocycles. The largest absolute Gasteiger partial charge is 0.393 e. The van der Waals surface area contributed by atoms with Gasteiger partial charge in [-0.05, 0) is 112 Å². The van der Waals surface area contributed by atoms with Crippen molar-refractivity contribution in [3.63, 3.8) is 0 Å². The van der Waals surface area contributed by atoms with Crippen molar-refractivity contribution in [2.24, 2.45) is 46.3 Å². The molecule has 0 heterocycles. The van der Waals surface area contributed by atoms with E-state index in [1.807, 2.05) is 13.8 Å². The van der Waals surface area contributed by atoms with Gasteiger partial charge in [0.15, 0.2) is 0 Å². The van der Waals surface area contributed by atoms with Gasteiger partial charge in [-0.2, -0.15) is 0 Å². The molecular weight excluding hydrogens is 356 g/mol. The summed E-state index contributed by atoms with van der Waals surface area (Å²) in [6, 6.07) is 0. The second-order valence-corrected chi connectivity index (χ2v) is 13.0. The van der Waals surface area contributed by atoms with Crippen LogP contribution in [0.1, 0.15) is 112 Å². The van der Waals surface area contributed by atoms with Gasteiger partial charge in [-0.1, -0.05) is 46.5 Å². The zero-order chi connectivity index (χ0) is 21.0. The molecule has 29 heavy (non-hydrogen) atoms. The Morgan fingerprint density at radius 1 is 0.966 bits per heavy atom. The highest BCUT2D eigenvalue weighted by Crippen LogP contribution is 2.68. The summed E-state index contributed by atoms with van der Waals surface area (Å²) in [7, 11) is 0. The van der Waals surface area contributed by atoms with E-state index in [4.69, 9.17) is 0 Å². The SMILES string of the molecule is C[C@H](CCCC(C)(C)O)[C@H]1CC[C@H]2[C@@H]3C(O)CC4CCCC[C@]4(C)[C@H]3CC[C@]12C. The van der Waals surface area contributed by atoms with Crippen molar-refractivity contribution < 1.29 is 10.2 Å². The van der Waals surface area contributed by atoms with Crippen molar-refractivity contribution in [1.29, 1.82) is 0 Å². The van der Waals surface area contributed by atoms with Crippen LogP contribution in [0.3, 0.4) is 0 Å². The molecule has 0 bridgehead atoms. The van der Waals surface area contributed by atoms with E-state index in [-0.39, 0.29) is 6.10 Å². The molecule has 0 aromatic heterocycles. The van der Waals surface area contributed by atoms with Crippen LogP contribution in [0.15, 0.2) is 0 Å². The van der Waals surface area contributed by atoms with Gasteiger partial charge in [-0.15, -0.1) is 0 Å². The first-order valence-electron chi connectivity index (χ1n) is 13.0. The first kappa shape index (κ1) is 22.1. The number of rotatable bonds is 5. The van der Waals surface area contributed by atoms with Gasteiger partial charge in [0.1, 0.15) is 0 Å². The standard InChI is InChI=1S/C27H48O2/c1-18(9-8-14-25(2,3)29)20-11-12-21-24-22(13-16-27(20,21)5)26(4)15-7-6-10-19(26)17-23(24)28/h18-24,28-29H,6-17H2,1-5H3/t18-,19?,20-,21+,22+,23?,24+,26+,27-/m1/s1. The average molecular weight is 405 g/mol. The third kappa shape index (κ3) is 3.84. The van der Waals surface area contributed by atoms with Crippen LogP contribution < -0.4 is 0 Å². The molecule has 2 N–H and O–H groups in total. The smallest absolute Gasteiger partial charge is 0.0591 e. The lowest BCUT2D eigenvalue weighted by Crippen LogP contribution is -2.57. The van der Waals surface area contributed by atoms with Gasteiger partial charge in [0, 0.05) is 0 Å². The normalized spacial score (nSPS) is 48.5. The molecule has 4 aliphatic rings. The van der Waals surface area contributed by atoms with Crippen molar-refractivity contribution >= 4 is 0 Å². The van der Waals surface area contributed by atoms with Gasteiger partial charge in [0.05, 0.1) is 11.7 Å². The molecule has 2 unspecified atom stereocenters. The number of hydrogen-bond donors (Lipinski definition) is 2. The Labute approximate surface area is 180 Å². The lowest BCUT2D eigenvalue weighted by atomic mass is 9.44. The van der Waals surface area contributed by atoms with Crippen LogP contribution in [0.5, 0.6) is 0 Å². The second-order valence-electron chi connectivity index (χ2n) is 13.0. The minimum Gasteiger partial charge on any atom is -0.393 e. The third-order valence-corrected chi connectivity index (χ3v) is 10.8. The number of aliphatic hydroxyl groups excluding tert-OH is 1. The molecule has 0 spiro atoms. The molecule has 2 heteroatoms. The summed E-state index contributed by atoms with van der Waals surface area (Å²) in [6.45, 7) is 11.6. The fourth-order valence-corrected chi connectivity index (χ4v) is 9.29. The van der Waals surface area contributed by atoms with Crippen LogP contribution in [-0.2, 0) is 0 Å². The van der Waals surface area contributed by atoms with Crippen LogP contribution in [0, 0.1) is 46.3 Å². The highest BCUT2D eigenvalue weighted by Gasteiger charge is 2.62. The van der Waals surface area contributed by atoms with Crippen LogP contribution in [0.25, 0.3) is 0 Å². The van der Waals surface area contributed by atoms with E-state index in [0.29, 0.717) is 16.7 Å². The first-order chi connectivity index (χ1) is 13.6. The molecule has 4 saturated carbocycles. The van der Waals surface area contributed by atoms with E-state index in [1.54, 1.807) is 0 Å². The Morgan fingerprint density at radius 2 is 1.69 bits per heavy atom. The summed E-state index contributed by atoms with van der Waals surface area (Å²) in [6.07, 6.45) is 15.3. The van der Waals surface area contributed by atoms with E-state index in [0.717, 1.165) is 48.9 Å². The molecule has 0 aliphatic heterocycles. The molecule has 0 saturated heterocycles. The molecule has 0 radical (unpaired) electrons. The molecule has 0 amide bonds. The molecule has 9 atom stereocenters. The van der Waals surface area contributed by atoms with Crippen molar-refractivity contribution in [2.75, 3.05) is 0 Å². The van der Waals surface area contributed by atoms with Crippen LogP contribution in [-0.4, -0.2) is 21.9 Å². The molecule has 4 aliphatic carbocycles. The van der Waals surface area contributed by atoms with Crippen LogP contribution in [0.2, 0.25) is 0 Å². The Hall–Kier alpha value is -0.0800. The number of fused-ring (bicyclic) bond motifs is 5. The van der Waals surface area contributed by atoms with E-state index >= 15 is 0 Å². The quantitative estimate of drug-likeness (QED) is 0.543. The van der Waals surface area contributed by atoms with Gasteiger partial charge in [-0.3, -0.25) is 0 Å². The Morgan fingerprint density at radius 3 is 2.41 bits per heavy atom. The molecule has 0 aromatic rings. The Bertz CT molecular complexity index is 580. The number of aliphatic hydroxyl groups is 2. The Kier molecular flexibility index (Phi) is 5.95. The molecule has 4 fully saturated rings. The highest BCUT2D eigenvalue weighted by atomic mass is 16.3. The van der Waals surface area contributed by atoms with Crippen molar-refractivity contribution in [3.05, 3.63) is 0 Å². The minimum absolute atomic E-state index is 0.0509.